The predicted molar refractivity (Wildman–Crippen MR) is 41.0 cm³/mol. The molecule has 0 spiro atoms. The van der Waals surface area contributed by atoms with Gasteiger partial charge in [0, 0.05) is 45.8 Å². The molecule has 4 atom stereocenters. The second-order valence-corrected chi connectivity index (χ2v) is 3.27. The van der Waals surface area contributed by atoms with Crippen molar-refractivity contribution in [1.82, 2.24) is 0 Å². The van der Waals surface area contributed by atoms with E-state index in [1.54, 1.807) is 7.11 Å². The normalized spacial score (nSPS) is 47.7. The summed E-state index contributed by atoms with van der Waals surface area (Å²) in [7, 11) is 7.12. The molecule has 0 aliphatic carbocycles. The second-order valence-electron chi connectivity index (χ2n) is 3.27. The van der Waals surface area contributed by atoms with Gasteiger partial charge in [0.2, 0.25) is 0 Å². The van der Waals surface area contributed by atoms with Gasteiger partial charge in [-0.15, -0.1) is 0 Å². The first-order chi connectivity index (χ1) is 5.68. The van der Waals surface area contributed by atoms with Crippen LogP contribution in [0.15, 0.2) is 0 Å². The molecule has 69 valence electrons. The molecule has 2 rings (SSSR count). The fraction of sp³-hybridized carbons (Fsp3) is 1.00. The van der Waals surface area contributed by atoms with Crippen molar-refractivity contribution in [2.75, 3.05) is 20.3 Å². The zero-order chi connectivity index (χ0) is 8.77. The fourth-order valence-corrected chi connectivity index (χ4v) is 1.72. The second kappa shape index (κ2) is 4.25. The molecular formula is C7H11BO4Y. The number of fused-ring (bicyclic) bond motifs is 1. The predicted octanol–water partition coefficient (Wildman–Crippen LogP) is -1.35. The first-order valence-electron chi connectivity index (χ1n) is 3.92. The average molecular weight is 259 g/mol. The zero-order valence-electron chi connectivity index (χ0n) is 7.47. The molecule has 13 heavy (non-hydrogen) atoms. The van der Waals surface area contributed by atoms with Gasteiger partial charge in [0.15, 0.2) is 0 Å². The molecule has 1 N–H and O–H groups in total. The van der Waals surface area contributed by atoms with Crippen LogP contribution in [0.3, 0.4) is 0 Å². The SMILES string of the molecule is [B]C1OC(COC)C2(O)COC12.[Y]. The third kappa shape index (κ3) is 1.75. The Morgan fingerprint density at radius 2 is 2.38 bits per heavy atom. The van der Waals surface area contributed by atoms with Crippen molar-refractivity contribution < 1.29 is 52.0 Å². The minimum Gasteiger partial charge on any atom is -0.382 e. The third-order valence-corrected chi connectivity index (χ3v) is 2.48. The van der Waals surface area contributed by atoms with Crippen molar-refractivity contribution in [3.63, 3.8) is 0 Å². The molecule has 4 unspecified atom stereocenters. The maximum absolute atomic E-state index is 9.90. The maximum Gasteiger partial charge on any atom is 0.144 e. The van der Waals surface area contributed by atoms with Crippen molar-refractivity contribution in [3.8, 4) is 0 Å². The molecule has 0 aromatic rings. The summed E-state index contributed by atoms with van der Waals surface area (Å²) in [5, 5.41) is 9.90. The summed E-state index contributed by atoms with van der Waals surface area (Å²) in [6.45, 7) is 0.642. The molecule has 0 amide bonds. The van der Waals surface area contributed by atoms with Gasteiger partial charge in [-0.2, -0.15) is 0 Å². The van der Waals surface area contributed by atoms with Crippen molar-refractivity contribution in [2.24, 2.45) is 0 Å². The van der Waals surface area contributed by atoms with Gasteiger partial charge in [-0.3, -0.25) is 0 Å². The van der Waals surface area contributed by atoms with E-state index in [1.807, 2.05) is 0 Å². The van der Waals surface area contributed by atoms with Crippen molar-refractivity contribution in [3.05, 3.63) is 0 Å². The fourth-order valence-electron chi connectivity index (χ4n) is 1.72. The zero-order valence-corrected chi connectivity index (χ0v) is 10.3. The van der Waals surface area contributed by atoms with E-state index in [4.69, 9.17) is 22.1 Å². The standard InChI is InChI=1S/C7H11BO4.Y/c1-10-2-4-7(9)3-11-5(7)6(8)12-4;/h4-6,9H,2-3H2,1H3;. The minimum absolute atomic E-state index is 0. The molecule has 2 fully saturated rings. The van der Waals surface area contributed by atoms with E-state index in [0.717, 1.165) is 0 Å². The number of aliphatic hydroxyl groups is 1. The molecular weight excluding hydrogens is 248 g/mol. The maximum atomic E-state index is 9.90. The van der Waals surface area contributed by atoms with Crippen molar-refractivity contribution in [2.45, 2.75) is 23.8 Å². The summed E-state index contributed by atoms with van der Waals surface area (Å²) in [4.78, 5) is 0. The Bertz CT molecular complexity index is 193. The number of hydrogen-bond acceptors (Lipinski definition) is 4. The van der Waals surface area contributed by atoms with Crippen LogP contribution in [0.25, 0.3) is 0 Å². The number of methoxy groups -OCH3 is 1. The molecule has 6 heteroatoms. The largest absolute Gasteiger partial charge is 0.382 e. The van der Waals surface area contributed by atoms with Crippen LogP contribution in [0.5, 0.6) is 0 Å². The number of rotatable bonds is 2. The van der Waals surface area contributed by atoms with E-state index in [0.29, 0.717) is 13.2 Å². The Kier molecular flexibility index (Phi) is 3.95. The van der Waals surface area contributed by atoms with Gasteiger partial charge in [0.05, 0.1) is 13.2 Å². The van der Waals surface area contributed by atoms with Crippen LogP contribution in [-0.2, 0) is 46.9 Å². The molecule has 3 radical (unpaired) electrons. The van der Waals surface area contributed by atoms with Gasteiger partial charge < -0.3 is 19.3 Å². The third-order valence-electron chi connectivity index (χ3n) is 2.48. The monoisotopic (exact) mass is 259 g/mol. The van der Waals surface area contributed by atoms with Crippen LogP contribution in [0.2, 0.25) is 0 Å². The van der Waals surface area contributed by atoms with Crippen molar-refractivity contribution in [1.29, 1.82) is 0 Å². The van der Waals surface area contributed by atoms with E-state index in [2.05, 4.69) is 0 Å². The molecule has 0 saturated carbocycles. The quantitative estimate of drug-likeness (QED) is 0.623. The smallest absolute Gasteiger partial charge is 0.144 e. The van der Waals surface area contributed by atoms with Crippen molar-refractivity contribution >= 4 is 7.85 Å². The Labute approximate surface area is 104 Å². The number of ether oxygens (including phenoxy) is 3. The van der Waals surface area contributed by atoms with Crippen LogP contribution in [-0.4, -0.2) is 57.1 Å². The van der Waals surface area contributed by atoms with E-state index >= 15 is 0 Å². The van der Waals surface area contributed by atoms with Gasteiger partial charge in [-0.25, -0.2) is 0 Å². The van der Waals surface area contributed by atoms with E-state index in [1.165, 1.54) is 0 Å². The van der Waals surface area contributed by atoms with Gasteiger partial charge >= 0.3 is 0 Å². The Morgan fingerprint density at radius 3 is 2.77 bits per heavy atom. The van der Waals surface area contributed by atoms with Crippen LogP contribution in [0, 0.1) is 0 Å². The summed E-state index contributed by atoms with van der Waals surface area (Å²) < 4.78 is 15.3. The van der Waals surface area contributed by atoms with E-state index < -0.39 is 11.6 Å². The molecule has 0 aromatic carbocycles. The summed E-state index contributed by atoms with van der Waals surface area (Å²) in [5.74, 6) is 0. The van der Waals surface area contributed by atoms with Crippen LogP contribution < -0.4 is 0 Å². The summed E-state index contributed by atoms with van der Waals surface area (Å²) in [6.07, 6.45) is -0.728. The van der Waals surface area contributed by atoms with Gasteiger partial charge in [-0.05, 0) is 0 Å². The molecule has 0 aromatic heterocycles. The Morgan fingerprint density at radius 1 is 1.69 bits per heavy atom. The van der Waals surface area contributed by atoms with Gasteiger partial charge in [0.1, 0.15) is 25.7 Å². The molecule has 2 saturated heterocycles. The number of hydrogen-bond donors (Lipinski definition) is 1. The molecule has 2 heterocycles. The Balaban J connectivity index is 0.000000845. The molecule has 2 aliphatic rings. The molecule has 0 bridgehead atoms. The van der Waals surface area contributed by atoms with Gasteiger partial charge in [0.25, 0.3) is 0 Å². The minimum atomic E-state index is -0.921. The van der Waals surface area contributed by atoms with E-state index in [-0.39, 0.29) is 44.9 Å². The average Bonchev–Trinajstić information content (AvgIpc) is 2.13. The molecule has 2 aliphatic heterocycles. The Hall–Kier alpha value is 1.01. The summed E-state index contributed by atoms with van der Waals surface area (Å²) in [6, 6.07) is -0.524. The van der Waals surface area contributed by atoms with Crippen LogP contribution in [0.4, 0.5) is 0 Å². The molecule has 4 nitrogen and oxygen atoms in total. The summed E-state index contributed by atoms with van der Waals surface area (Å²) in [5.41, 5.74) is -0.921. The first-order valence-corrected chi connectivity index (χ1v) is 3.92. The van der Waals surface area contributed by atoms with Crippen LogP contribution in [0.1, 0.15) is 0 Å². The van der Waals surface area contributed by atoms with Crippen LogP contribution >= 0.6 is 0 Å². The van der Waals surface area contributed by atoms with E-state index in [9.17, 15) is 5.11 Å². The topological polar surface area (TPSA) is 47.9 Å². The first kappa shape index (κ1) is 12.1. The van der Waals surface area contributed by atoms with Gasteiger partial charge in [-0.1, -0.05) is 0 Å². The summed E-state index contributed by atoms with van der Waals surface area (Å²) >= 11 is 0.